The minimum absolute atomic E-state index is 0.139. The van der Waals surface area contributed by atoms with Gasteiger partial charge >= 0.3 is 5.97 Å². The highest BCUT2D eigenvalue weighted by Crippen LogP contribution is 2.46. The van der Waals surface area contributed by atoms with Crippen LogP contribution in [0.3, 0.4) is 0 Å². The van der Waals surface area contributed by atoms with Crippen LogP contribution in [0.1, 0.15) is 31.7 Å². The van der Waals surface area contributed by atoms with Gasteiger partial charge in [-0.3, -0.25) is 4.79 Å². The monoisotopic (exact) mass is 407 g/mol. The van der Waals surface area contributed by atoms with Crippen LogP contribution in [0.5, 0.6) is 0 Å². The van der Waals surface area contributed by atoms with Crippen LogP contribution in [0, 0.1) is 0 Å². The summed E-state index contributed by atoms with van der Waals surface area (Å²) in [6, 6.07) is 13.7. The third-order valence-corrected chi connectivity index (χ3v) is 5.30. The van der Waals surface area contributed by atoms with Gasteiger partial charge < -0.3 is 10.1 Å². The highest BCUT2D eigenvalue weighted by molar-refractivity contribution is 9.10. The highest BCUT2D eigenvalue weighted by Gasteiger charge is 2.47. The first-order valence-electron chi connectivity index (χ1n) is 8.05. The summed E-state index contributed by atoms with van der Waals surface area (Å²) in [5, 5.41) is 3.90. The fourth-order valence-corrected chi connectivity index (χ4v) is 3.67. The Morgan fingerprint density at radius 3 is 2.67 bits per heavy atom. The van der Waals surface area contributed by atoms with Crippen LogP contribution < -0.4 is 5.32 Å². The second-order valence-corrected chi connectivity index (χ2v) is 7.31. The summed E-state index contributed by atoms with van der Waals surface area (Å²) in [6.07, 6.45) is 2.68. The second kappa shape index (κ2) is 7.16. The number of benzene rings is 2. The lowest BCUT2D eigenvalue weighted by atomic mass is 9.64. The van der Waals surface area contributed by atoms with Crippen molar-refractivity contribution in [2.75, 3.05) is 11.9 Å². The number of rotatable bonds is 5. The highest BCUT2D eigenvalue weighted by atomic mass is 79.9. The van der Waals surface area contributed by atoms with Crippen LogP contribution >= 0.6 is 27.5 Å². The summed E-state index contributed by atoms with van der Waals surface area (Å²) in [6.45, 7) is 2.24. The Labute approximate surface area is 155 Å². The molecule has 0 unspecified atom stereocenters. The van der Waals surface area contributed by atoms with E-state index < -0.39 is 5.41 Å². The number of hydrogen-bond donors (Lipinski definition) is 1. The van der Waals surface area contributed by atoms with E-state index >= 15 is 0 Å². The number of nitrogens with one attached hydrogen (secondary N) is 1. The Balaban J connectivity index is 1.85. The molecule has 1 aliphatic rings. The first-order chi connectivity index (χ1) is 11.5. The smallest absolute Gasteiger partial charge is 0.316 e. The number of ether oxygens (including phenoxy) is 1. The molecule has 1 fully saturated rings. The van der Waals surface area contributed by atoms with E-state index in [0.29, 0.717) is 11.6 Å². The van der Waals surface area contributed by atoms with Crippen LogP contribution in [0.2, 0.25) is 5.02 Å². The molecule has 2 aromatic rings. The molecule has 0 spiro atoms. The van der Waals surface area contributed by atoms with Gasteiger partial charge in [-0.15, -0.1) is 0 Å². The molecule has 0 amide bonds. The van der Waals surface area contributed by atoms with E-state index in [4.69, 9.17) is 16.3 Å². The van der Waals surface area contributed by atoms with Crippen molar-refractivity contribution >= 4 is 44.9 Å². The maximum absolute atomic E-state index is 12.4. The van der Waals surface area contributed by atoms with Gasteiger partial charge in [-0.1, -0.05) is 46.1 Å². The van der Waals surface area contributed by atoms with Crippen LogP contribution in [-0.2, 0) is 14.9 Å². The van der Waals surface area contributed by atoms with Crippen molar-refractivity contribution in [3.05, 3.63) is 57.5 Å². The lowest BCUT2D eigenvalue weighted by molar-refractivity contribution is -0.153. The molecule has 1 saturated carbocycles. The largest absolute Gasteiger partial charge is 0.465 e. The summed E-state index contributed by atoms with van der Waals surface area (Å²) < 4.78 is 6.28. The Morgan fingerprint density at radius 2 is 2.08 bits per heavy atom. The lowest BCUT2D eigenvalue weighted by Gasteiger charge is -2.39. The number of carbonyl (C=O) groups is 1. The Bertz CT molecular complexity index is 759. The minimum atomic E-state index is -0.520. The van der Waals surface area contributed by atoms with Crippen molar-refractivity contribution in [2.45, 2.75) is 31.6 Å². The SMILES string of the molecule is CCOC(=O)C1(c2ccc(Nc3cccc(Br)c3)c(Cl)c2)CCC1. The number of carbonyl (C=O) groups excluding carboxylic acids is 1. The van der Waals surface area contributed by atoms with E-state index in [1.807, 2.05) is 49.4 Å². The molecule has 3 nitrogen and oxygen atoms in total. The fraction of sp³-hybridized carbons (Fsp3) is 0.316. The average Bonchev–Trinajstić information content (AvgIpc) is 2.49. The van der Waals surface area contributed by atoms with Gasteiger partial charge in [0.05, 0.1) is 22.7 Å². The van der Waals surface area contributed by atoms with Crippen molar-refractivity contribution in [3.63, 3.8) is 0 Å². The van der Waals surface area contributed by atoms with Crippen LogP contribution in [0.25, 0.3) is 0 Å². The molecule has 0 aromatic heterocycles. The van der Waals surface area contributed by atoms with Gasteiger partial charge in [0.1, 0.15) is 0 Å². The van der Waals surface area contributed by atoms with Gasteiger partial charge in [0.15, 0.2) is 0 Å². The molecule has 126 valence electrons. The summed E-state index contributed by atoms with van der Waals surface area (Å²) in [7, 11) is 0. The standard InChI is InChI=1S/C19H19BrClNO2/c1-2-24-18(23)19(9-4-10-19)13-7-8-17(16(21)11-13)22-15-6-3-5-14(20)12-15/h3,5-8,11-12,22H,2,4,9-10H2,1H3. The molecule has 24 heavy (non-hydrogen) atoms. The minimum Gasteiger partial charge on any atom is -0.465 e. The number of hydrogen-bond acceptors (Lipinski definition) is 3. The molecule has 0 aliphatic heterocycles. The molecule has 0 atom stereocenters. The average molecular weight is 409 g/mol. The quantitative estimate of drug-likeness (QED) is 0.632. The van der Waals surface area contributed by atoms with Crippen LogP contribution in [-0.4, -0.2) is 12.6 Å². The van der Waals surface area contributed by atoms with Crippen LogP contribution in [0.15, 0.2) is 46.9 Å². The molecular formula is C19H19BrClNO2. The summed E-state index contributed by atoms with van der Waals surface area (Å²) in [4.78, 5) is 12.4. The molecule has 0 radical (unpaired) electrons. The predicted molar refractivity (Wildman–Crippen MR) is 101 cm³/mol. The topological polar surface area (TPSA) is 38.3 Å². The Hall–Kier alpha value is -1.52. The number of esters is 1. The molecule has 0 bridgehead atoms. The Morgan fingerprint density at radius 1 is 1.29 bits per heavy atom. The van der Waals surface area contributed by atoms with E-state index in [1.54, 1.807) is 0 Å². The van der Waals surface area contributed by atoms with E-state index in [1.165, 1.54) is 0 Å². The molecular weight excluding hydrogens is 390 g/mol. The number of halogens is 2. The third-order valence-electron chi connectivity index (χ3n) is 4.50. The van der Waals surface area contributed by atoms with Crippen molar-refractivity contribution in [1.29, 1.82) is 0 Å². The predicted octanol–water partition coefficient (Wildman–Crippen LogP) is 5.83. The molecule has 0 heterocycles. The molecule has 1 N–H and O–H groups in total. The maximum Gasteiger partial charge on any atom is 0.316 e. The molecule has 1 aliphatic carbocycles. The zero-order chi connectivity index (χ0) is 17.2. The van der Waals surface area contributed by atoms with Gasteiger partial charge in [-0.2, -0.15) is 0 Å². The van der Waals surface area contributed by atoms with E-state index in [0.717, 1.165) is 40.7 Å². The molecule has 2 aromatic carbocycles. The normalized spacial score (nSPS) is 15.5. The summed E-state index contributed by atoms with van der Waals surface area (Å²) in [5.74, 6) is -0.139. The molecule has 3 rings (SSSR count). The lowest BCUT2D eigenvalue weighted by Crippen LogP contribution is -2.43. The van der Waals surface area contributed by atoms with Gasteiger partial charge in [0, 0.05) is 10.2 Å². The molecule has 5 heteroatoms. The second-order valence-electron chi connectivity index (χ2n) is 5.99. The summed E-state index contributed by atoms with van der Waals surface area (Å²) in [5.41, 5.74) is 2.19. The fourth-order valence-electron chi connectivity index (χ4n) is 3.05. The van der Waals surface area contributed by atoms with E-state index in [-0.39, 0.29) is 5.97 Å². The number of anilines is 2. The van der Waals surface area contributed by atoms with Gasteiger partial charge in [-0.05, 0) is 55.7 Å². The zero-order valence-electron chi connectivity index (χ0n) is 13.4. The zero-order valence-corrected chi connectivity index (χ0v) is 15.8. The van der Waals surface area contributed by atoms with E-state index in [9.17, 15) is 4.79 Å². The van der Waals surface area contributed by atoms with Crippen molar-refractivity contribution in [1.82, 2.24) is 0 Å². The van der Waals surface area contributed by atoms with Gasteiger partial charge in [0.2, 0.25) is 0 Å². The van der Waals surface area contributed by atoms with Crippen molar-refractivity contribution in [2.24, 2.45) is 0 Å². The first kappa shape index (κ1) is 17.3. The van der Waals surface area contributed by atoms with Crippen LogP contribution in [0.4, 0.5) is 11.4 Å². The Kier molecular flexibility index (Phi) is 5.16. The van der Waals surface area contributed by atoms with E-state index in [2.05, 4.69) is 21.2 Å². The van der Waals surface area contributed by atoms with Gasteiger partial charge in [-0.25, -0.2) is 0 Å². The van der Waals surface area contributed by atoms with Crippen molar-refractivity contribution < 1.29 is 9.53 Å². The third kappa shape index (κ3) is 3.31. The van der Waals surface area contributed by atoms with Crippen molar-refractivity contribution in [3.8, 4) is 0 Å². The van der Waals surface area contributed by atoms with Gasteiger partial charge in [0.25, 0.3) is 0 Å². The maximum atomic E-state index is 12.4. The first-order valence-corrected chi connectivity index (χ1v) is 9.22. The summed E-state index contributed by atoms with van der Waals surface area (Å²) >= 11 is 9.92. The molecule has 0 saturated heterocycles.